The molecule has 0 bridgehead atoms. The van der Waals surface area contributed by atoms with Gasteiger partial charge in [-0.25, -0.2) is 13.4 Å². The SMILES string of the molecule is O=C(Cc1ccc(S(=O)(=O)N2CCCCC2)s1)OCC(=O)N1N=C(c2ccc(Cl)cc2)C[C@@H]1c1ccco1. The number of furan rings is 1. The number of thiophene rings is 1. The van der Waals surface area contributed by atoms with Crippen molar-refractivity contribution in [3.05, 3.63) is 76.0 Å². The van der Waals surface area contributed by atoms with Crippen molar-refractivity contribution in [2.45, 2.75) is 42.4 Å². The zero-order valence-corrected chi connectivity index (χ0v) is 22.8. The normalized spacial score (nSPS) is 18.4. The average molecular weight is 576 g/mol. The second-order valence-electron chi connectivity index (χ2n) is 9.05. The zero-order chi connectivity index (χ0) is 26.7. The molecule has 9 nitrogen and oxygen atoms in total. The Labute approximate surface area is 229 Å². The summed E-state index contributed by atoms with van der Waals surface area (Å²) in [5.74, 6) is -0.556. The number of rotatable bonds is 8. The molecule has 1 aromatic carbocycles. The Morgan fingerprint density at radius 1 is 1.08 bits per heavy atom. The van der Waals surface area contributed by atoms with Gasteiger partial charge in [0.15, 0.2) is 6.61 Å². The zero-order valence-electron chi connectivity index (χ0n) is 20.4. The molecular formula is C26H26ClN3O6S2. The van der Waals surface area contributed by atoms with Crippen LogP contribution >= 0.6 is 22.9 Å². The molecular weight excluding hydrogens is 550 g/mol. The van der Waals surface area contributed by atoms with E-state index in [9.17, 15) is 18.0 Å². The highest BCUT2D eigenvalue weighted by Crippen LogP contribution is 2.33. The molecule has 2 aliphatic rings. The monoisotopic (exact) mass is 575 g/mol. The number of hydrogen-bond donors (Lipinski definition) is 0. The molecule has 5 rings (SSSR count). The fourth-order valence-electron chi connectivity index (χ4n) is 4.49. The first-order valence-electron chi connectivity index (χ1n) is 12.2. The first-order valence-corrected chi connectivity index (χ1v) is 14.9. The highest BCUT2D eigenvalue weighted by Gasteiger charge is 2.35. The molecule has 2 aromatic heterocycles. The predicted molar refractivity (Wildman–Crippen MR) is 142 cm³/mol. The lowest BCUT2D eigenvalue weighted by atomic mass is 10.0. The lowest BCUT2D eigenvalue weighted by Gasteiger charge is -2.25. The maximum Gasteiger partial charge on any atom is 0.311 e. The van der Waals surface area contributed by atoms with Gasteiger partial charge in [0.2, 0.25) is 0 Å². The van der Waals surface area contributed by atoms with Crippen LogP contribution in [0.2, 0.25) is 5.02 Å². The largest absolute Gasteiger partial charge is 0.467 e. The number of carbonyl (C=O) groups is 2. The molecule has 38 heavy (non-hydrogen) atoms. The van der Waals surface area contributed by atoms with Crippen LogP contribution in [0.3, 0.4) is 0 Å². The molecule has 0 radical (unpaired) electrons. The highest BCUT2D eigenvalue weighted by atomic mass is 35.5. The number of piperidine rings is 1. The van der Waals surface area contributed by atoms with Crippen LogP contribution in [0, 0.1) is 0 Å². The lowest BCUT2D eigenvalue weighted by molar-refractivity contribution is -0.152. The molecule has 12 heteroatoms. The van der Waals surface area contributed by atoms with Gasteiger partial charge in [-0.15, -0.1) is 11.3 Å². The topological polar surface area (TPSA) is 109 Å². The summed E-state index contributed by atoms with van der Waals surface area (Å²) >= 11 is 7.05. The number of esters is 1. The van der Waals surface area contributed by atoms with Gasteiger partial charge in [-0.05, 0) is 54.8 Å². The van der Waals surface area contributed by atoms with E-state index in [-0.39, 0.29) is 10.6 Å². The Balaban J connectivity index is 1.22. The van der Waals surface area contributed by atoms with Crippen LogP contribution in [-0.2, 0) is 30.8 Å². The third kappa shape index (κ3) is 5.85. The van der Waals surface area contributed by atoms with Gasteiger partial charge in [-0.2, -0.15) is 9.41 Å². The number of halogens is 1. The van der Waals surface area contributed by atoms with Crippen molar-refractivity contribution in [2.75, 3.05) is 19.7 Å². The average Bonchev–Trinajstić information content (AvgIpc) is 3.69. The Morgan fingerprint density at radius 3 is 2.55 bits per heavy atom. The van der Waals surface area contributed by atoms with Gasteiger partial charge >= 0.3 is 5.97 Å². The molecule has 1 fully saturated rings. The standard InChI is InChI=1S/C26H26ClN3O6S2/c27-19-8-6-18(7-9-19)21-16-22(23-5-4-14-35-23)30(28-21)24(31)17-36-25(32)15-20-10-11-26(37-20)38(33,34)29-12-2-1-3-13-29/h4-11,14,22H,1-3,12-13,15-17H2/t22-/m1/s1. The maximum absolute atomic E-state index is 13.0. The number of hydrogen-bond acceptors (Lipinski definition) is 8. The molecule has 2 aliphatic heterocycles. The number of amides is 1. The molecule has 4 heterocycles. The molecule has 1 atom stereocenters. The van der Waals surface area contributed by atoms with Crippen molar-refractivity contribution in [2.24, 2.45) is 5.10 Å². The molecule has 1 amide bonds. The van der Waals surface area contributed by atoms with E-state index in [0.29, 0.717) is 40.9 Å². The minimum atomic E-state index is -3.56. The third-order valence-corrected chi connectivity index (χ3v) is 10.1. The van der Waals surface area contributed by atoms with Gasteiger partial charge in [0.1, 0.15) is 16.0 Å². The fourth-order valence-corrected chi connectivity index (χ4v) is 7.62. The number of carbonyl (C=O) groups excluding carboxylic acids is 2. The van der Waals surface area contributed by atoms with Crippen molar-refractivity contribution in [1.29, 1.82) is 0 Å². The van der Waals surface area contributed by atoms with E-state index in [2.05, 4.69) is 5.10 Å². The number of sulfonamides is 1. The summed E-state index contributed by atoms with van der Waals surface area (Å²) in [5, 5.41) is 6.38. The van der Waals surface area contributed by atoms with Crippen molar-refractivity contribution >= 4 is 50.5 Å². The molecule has 0 aliphatic carbocycles. The second-order valence-corrected chi connectivity index (χ2v) is 12.8. The minimum Gasteiger partial charge on any atom is -0.467 e. The van der Waals surface area contributed by atoms with Crippen molar-refractivity contribution in [3.8, 4) is 0 Å². The Bertz CT molecular complexity index is 1430. The summed E-state index contributed by atoms with van der Waals surface area (Å²) in [4.78, 5) is 26.1. The molecule has 200 valence electrons. The summed E-state index contributed by atoms with van der Waals surface area (Å²) in [6.45, 7) is 0.520. The Hall–Kier alpha value is -2.99. The minimum absolute atomic E-state index is 0.131. The van der Waals surface area contributed by atoms with Gasteiger partial charge in [0.05, 0.1) is 18.4 Å². The first-order chi connectivity index (χ1) is 18.3. The third-order valence-electron chi connectivity index (χ3n) is 6.44. The smallest absolute Gasteiger partial charge is 0.311 e. The van der Waals surface area contributed by atoms with Crippen LogP contribution in [-0.4, -0.2) is 55.0 Å². The van der Waals surface area contributed by atoms with Gasteiger partial charge in [-0.1, -0.05) is 30.2 Å². The van der Waals surface area contributed by atoms with Crippen LogP contribution in [0.1, 0.15) is 47.9 Å². The fraction of sp³-hybridized carbons (Fsp3) is 0.346. The van der Waals surface area contributed by atoms with E-state index >= 15 is 0 Å². The molecule has 0 saturated carbocycles. The van der Waals surface area contributed by atoms with Gasteiger partial charge in [0, 0.05) is 29.4 Å². The highest BCUT2D eigenvalue weighted by molar-refractivity contribution is 7.91. The van der Waals surface area contributed by atoms with Crippen molar-refractivity contribution in [1.82, 2.24) is 9.31 Å². The number of hydrazone groups is 1. The summed E-state index contributed by atoms with van der Waals surface area (Å²) in [6, 6.07) is 13.3. The lowest BCUT2D eigenvalue weighted by Crippen LogP contribution is -2.35. The molecule has 3 aromatic rings. The van der Waals surface area contributed by atoms with E-state index < -0.39 is 34.5 Å². The van der Waals surface area contributed by atoms with Crippen LogP contribution in [0.5, 0.6) is 0 Å². The van der Waals surface area contributed by atoms with E-state index in [1.54, 1.807) is 30.3 Å². The van der Waals surface area contributed by atoms with E-state index in [4.69, 9.17) is 20.8 Å². The maximum atomic E-state index is 13.0. The molecule has 0 spiro atoms. The number of benzene rings is 1. The summed E-state index contributed by atoms with van der Waals surface area (Å²) in [5.41, 5.74) is 1.51. The van der Waals surface area contributed by atoms with Gasteiger partial charge in [-0.3, -0.25) is 9.59 Å². The predicted octanol–water partition coefficient (Wildman–Crippen LogP) is 4.63. The van der Waals surface area contributed by atoms with Crippen LogP contribution < -0.4 is 0 Å². The quantitative estimate of drug-likeness (QED) is 0.362. The van der Waals surface area contributed by atoms with E-state index in [1.165, 1.54) is 21.6 Å². The summed E-state index contributed by atoms with van der Waals surface area (Å²) < 4.78 is 38.2. The van der Waals surface area contributed by atoms with Gasteiger partial charge in [0.25, 0.3) is 15.9 Å². The Kier molecular flexibility index (Phi) is 7.98. The van der Waals surface area contributed by atoms with Crippen molar-refractivity contribution < 1.29 is 27.2 Å². The van der Waals surface area contributed by atoms with Crippen LogP contribution in [0.15, 0.2) is 68.5 Å². The van der Waals surface area contributed by atoms with Gasteiger partial charge < -0.3 is 9.15 Å². The molecule has 1 saturated heterocycles. The second kappa shape index (κ2) is 11.4. The number of ether oxygens (including phenoxy) is 1. The van der Waals surface area contributed by atoms with Crippen LogP contribution in [0.4, 0.5) is 0 Å². The first kappa shape index (κ1) is 26.6. The van der Waals surface area contributed by atoms with Crippen molar-refractivity contribution in [3.63, 3.8) is 0 Å². The summed E-state index contributed by atoms with van der Waals surface area (Å²) in [6.07, 6.45) is 4.55. The Morgan fingerprint density at radius 2 is 1.84 bits per heavy atom. The van der Waals surface area contributed by atoms with E-state index in [0.717, 1.165) is 36.2 Å². The van der Waals surface area contributed by atoms with E-state index in [1.807, 2.05) is 12.1 Å². The molecule has 0 unspecified atom stereocenters. The summed E-state index contributed by atoms with van der Waals surface area (Å²) in [7, 11) is -3.56. The number of nitrogens with zero attached hydrogens (tertiary/aromatic N) is 3. The van der Waals surface area contributed by atoms with Crippen LogP contribution in [0.25, 0.3) is 0 Å². The molecule has 0 N–H and O–H groups in total.